The van der Waals surface area contributed by atoms with Gasteiger partial charge in [-0.25, -0.2) is 0 Å². The first kappa shape index (κ1) is 19.5. The molecule has 0 saturated heterocycles. The van der Waals surface area contributed by atoms with E-state index in [9.17, 15) is 15.2 Å². The Morgan fingerprint density at radius 2 is 1.97 bits per heavy atom. The summed E-state index contributed by atoms with van der Waals surface area (Å²) in [7, 11) is 0. The molecule has 0 fully saturated rings. The molecule has 1 heterocycles. The number of nitrogens with one attached hydrogen (secondary N) is 1. The molecule has 0 bridgehead atoms. The summed E-state index contributed by atoms with van der Waals surface area (Å²) in [4.78, 5) is 16.0. The normalized spacial score (nSPS) is 15.4. The highest BCUT2D eigenvalue weighted by molar-refractivity contribution is 6.40. The molecule has 2 aromatic carbocycles. The summed E-state index contributed by atoms with van der Waals surface area (Å²) >= 11 is 0. The van der Waals surface area contributed by atoms with Gasteiger partial charge in [0.05, 0.1) is 22.8 Å². The van der Waals surface area contributed by atoms with E-state index < -0.39 is 5.41 Å². The smallest absolute Gasteiger partial charge is 0.201 e. The van der Waals surface area contributed by atoms with Crippen molar-refractivity contribution < 1.29 is 9.90 Å². The van der Waals surface area contributed by atoms with E-state index in [1.807, 2.05) is 57.2 Å². The number of aromatic nitrogens is 1. The molecule has 30 heavy (non-hydrogen) atoms. The van der Waals surface area contributed by atoms with E-state index in [1.165, 1.54) is 0 Å². The second-order valence-corrected chi connectivity index (χ2v) is 8.15. The topological polar surface area (TPSA) is 76.9 Å². The van der Waals surface area contributed by atoms with Gasteiger partial charge in [0.15, 0.2) is 0 Å². The van der Waals surface area contributed by atoms with E-state index in [-0.39, 0.29) is 17.1 Å². The van der Waals surface area contributed by atoms with Crippen LogP contribution in [0, 0.1) is 18.3 Å². The van der Waals surface area contributed by atoms with Crippen molar-refractivity contribution in [3.8, 4) is 6.07 Å². The molecule has 3 aromatic rings. The summed E-state index contributed by atoms with van der Waals surface area (Å²) in [5.74, 6) is -0.207. The Kier molecular flexibility index (Phi) is 4.47. The van der Waals surface area contributed by atoms with Crippen molar-refractivity contribution >= 4 is 22.3 Å². The lowest BCUT2D eigenvalue weighted by Gasteiger charge is -2.30. The van der Waals surface area contributed by atoms with E-state index >= 15 is 0 Å². The molecule has 2 N–H and O–H groups in total. The first-order valence-corrected chi connectivity index (χ1v) is 9.72. The van der Waals surface area contributed by atoms with Gasteiger partial charge in [-0.1, -0.05) is 44.7 Å². The summed E-state index contributed by atoms with van der Waals surface area (Å²) in [6, 6.07) is 15.4. The third-order valence-electron chi connectivity index (χ3n) is 5.98. The SMILES string of the molecule is C=C(/C=C1/C(=O)C(c2c[nH]c3ccccc23)=C1O)C(C)(C)c1cc(C#N)ccc1C. The van der Waals surface area contributed by atoms with Gasteiger partial charge in [-0.2, -0.15) is 5.26 Å². The average Bonchev–Trinajstić information content (AvgIpc) is 3.15. The van der Waals surface area contributed by atoms with Crippen molar-refractivity contribution in [3.05, 3.63) is 100 Å². The molecule has 1 aromatic heterocycles. The number of aryl methyl sites for hydroxylation is 1. The van der Waals surface area contributed by atoms with E-state index in [2.05, 4.69) is 17.6 Å². The van der Waals surface area contributed by atoms with Crippen LogP contribution in [0.25, 0.3) is 16.5 Å². The summed E-state index contributed by atoms with van der Waals surface area (Å²) in [5, 5.41) is 20.8. The predicted octanol–water partition coefficient (Wildman–Crippen LogP) is 5.66. The van der Waals surface area contributed by atoms with Gasteiger partial charge in [-0.15, -0.1) is 0 Å². The number of carbonyl (C=O) groups is 1. The highest BCUT2D eigenvalue weighted by atomic mass is 16.3. The molecule has 4 rings (SSSR count). The van der Waals surface area contributed by atoms with Crippen LogP contribution in [-0.4, -0.2) is 15.9 Å². The minimum absolute atomic E-state index is 0.01000. The summed E-state index contributed by atoms with van der Waals surface area (Å²) in [5.41, 5.74) is 4.97. The highest BCUT2D eigenvalue weighted by Gasteiger charge is 2.37. The van der Waals surface area contributed by atoms with Crippen LogP contribution in [0.15, 0.2) is 78.2 Å². The van der Waals surface area contributed by atoms with Crippen LogP contribution in [-0.2, 0) is 10.2 Å². The first-order chi connectivity index (χ1) is 14.3. The minimum atomic E-state index is -0.513. The summed E-state index contributed by atoms with van der Waals surface area (Å²) < 4.78 is 0. The molecule has 0 spiro atoms. The van der Waals surface area contributed by atoms with Crippen LogP contribution in [0.4, 0.5) is 0 Å². The molecular formula is C26H22N2O2. The largest absolute Gasteiger partial charge is 0.506 e. The minimum Gasteiger partial charge on any atom is -0.506 e. The molecule has 0 aliphatic heterocycles. The summed E-state index contributed by atoms with van der Waals surface area (Å²) in [6.45, 7) is 10.2. The lowest BCUT2D eigenvalue weighted by atomic mass is 9.73. The number of nitrogens with zero attached hydrogens (tertiary/aromatic N) is 1. The zero-order chi connectivity index (χ0) is 21.6. The number of rotatable bonds is 4. The van der Waals surface area contributed by atoms with Crippen molar-refractivity contribution in [2.24, 2.45) is 0 Å². The number of aliphatic hydroxyl groups is 1. The monoisotopic (exact) mass is 394 g/mol. The number of fused-ring (bicyclic) bond motifs is 1. The molecule has 4 heteroatoms. The van der Waals surface area contributed by atoms with Gasteiger partial charge in [0.2, 0.25) is 5.78 Å². The van der Waals surface area contributed by atoms with Crippen LogP contribution in [0.2, 0.25) is 0 Å². The Hall–Kier alpha value is -3.84. The fourth-order valence-corrected chi connectivity index (χ4v) is 3.98. The molecule has 0 amide bonds. The second kappa shape index (κ2) is 6.89. The maximum Gasteiger partial charge on any atom is 0.201 e. The highest BCUT2D eigenvalue weighted by Crippen LogP contribution is 2.41. The molecular weight excluding hydrogens is 372 g/mol. The average molecular weight is 394 g/mol. The van der Waals surface area contributed by atoms with Crippen LogP contribution in [0.3, 0.4) is 0 Å². The molecule has 148 valence electrons. The number of ketones is 1. The lowest BCUT2D eigenvalue weighted by Crippen LogP contribution is -2.25. The molecule has 0 radical (unpaired) electrons. The van der Waals surface area contributed by atoms with Gasteiger partial charge < -0.3 is 10.1 Å². The number of aliphatic hydroxyl groups excluding tert-OH is 1. The van der Waals surface area contributed by atoms with Gasteiger partial charge in [0, 0.05) is 28.1 Å². The zero-order valence-corrected chi connectivity index (χ0v) is 17.2. The number of carbonyl (C=O) groups excluding carboxylic acids is 1. The number of para-hydroxylation sites is 1. The van der Waals surface area contributed by atoms with Gasteiger partial charge in [-0.3, -0.25) is 4.79 Å². The van der Waals surface area contributed by atoms with Crippen molar-refractivity contribution in [2.45, 2.75) is 26.2 Å². The molecule has 1 aliphatic rings. The van der Waals surface area contributed by atoms with Gasteiger partial charge in [0.1, 0.15) is 5.76 Å². The van der Waals surface area contributed by atoms with E-state index in [0.717, 1.165) is 22.0 Å². The predicted molar refractivity (Wildman–Crippen MR) is 119 cm³/mol. The van der Waals surface area contributed by atoms with Crippen molar-refractivity contribution in [1.82, 2.24) is 4.98 Å². The standard InChI is InChI=1S/C26H22N2O2/c1-15-9-10-17(13-27)12-21(15)26(3,4)16(2)11-19-24(29)23(25(19)30)20-14-28-22-8-6-5-7-18(20)22/h5-12,14,28-29H,2H2,1,3-4H3/b19-11+. The maximum atomic E-state index is 12.9. The van der Waals surface area contributed by atoms with Crippen molar-refractivity contribution in [1.29, 1.82) is 5.26 Å². The zero-order valence-electron chi connectivity index (χ0n) is 17.2. The fraction of sp³-hybridized carbons (Fsp3) is 0.154. The third-order valence-corrected chi connectivity index (χ3v) is 5.98. The number of allylic oxidation sites excluding steroid dienone is 4. The van der Waals surface area contributed by atoms with Gasteiger partial charge in [0.25, 0.3) is 0 Å². The Balaban J connectivity index is 1.72. The second-order valence-electron chi connectivity index (χ2n) is 8.15. The number of hydrogen-bond acceptors (Lipinski definition) is 3. The van der Waals surface area contributed by atoms with E-state index in [4.69, 9.17) is 0 Å². The van der Waals surface area contributed by atoms with Crippen LogP contribution in [0.1, 0.15) is 36.1 Å². The first-order valence-electron chi connectivity index (χ1n) is 9.72. The quantitative estimate of drug-likeness (QED) is 0.561. The van der Waals surface area contributed by atoms with Gasteiger partial charge >= 0.3 is 0 Å². The van der Waals surface area contributed by atoms with Crippen LogP contribution in [0.5, 0.6) is 0 Å². The van der Waals surface area contributed by atoms with Crippen molar-refractivity contribution in [2.75, 3.05) is 0 Å². The molecule has 1 aliphatic carbocycles. The number of hydrogen-bond donors (Lipinski definition) is 2. The van der Waals surface area contributed by atoms with Gasteiger partial charge in [-0.05, 0) is 47.9 Å². The Morgan fingerprint density at radius 3 is 2.67 bits per heavy atom. The number of nitriles is 1. The van der Waals surface area contributed by atoms with E-state index in [1.54, 1.807) is 18.3 Å². The van der Waals surface area contributed by atoms with Crippen LogP contribution < -0.4 is 0 Å². The number of H-pyrrole nitrogens is 1. The third kappa shape index (κ3) is 2.87. The number of benzene rings is 2. The molecule has 0 unspecified atom stereocenters. The fourth-order valence-electron chi connectivity index (χ4n) is 3.98. The molecule has 0 atom stereocenters. The van der Waals surface area contributed by atoms with E-state index in [0.29, 0.717) is 22.3 Å². The lowest BCUT2D eigenvalue weighted by molar-refractivity contribution is -0.111. The summed E-state index contributed by atoms with van der Waals surface area (Å²) in [6.07, 6.45) is 3.41. The molecule has 0 saturated carbocycles. The Morgan fingerprint density at radius 1 is 1.23 bits per heavy atom. The molecule has 4 nitrogen and oxygen atoms in total. The Bertz CT molecular complexity index is 1330. The Labute approximate surface area is 175 Å². The number of Topliss-reactive ketones (excluding diaryl/α,β-unsaturated/α-hetero) is 1. The van der Waals surface area contributed by atoms with Crippen LogP contribution >= 0.6 is 0 Å². The maximum absolute atomic E-state index is 12.9. The van der Waals surface area contributed by atoms with Crippen molar-refractivity contribution in [3.63, 3.8) is 0 Å². The number of aromatic amines is 1.